The molecular weight excluding hydrogens is 507 g/mol. The van der Waals surface area contributed by atoms with E-state index in [9.17, 15) is 18.0 Å². The maximum Gasteiger partial charge on any atom is 0.423 e. The van der Waals surface area contributed by atoms with Crippen molar-refractivity contribution in [1.82, 2.24) is 19.7 Å². The van der Waals surface area contributed by atoms with Crippen LogP contribution in [-0.2, 0) is 35.5 Å². The number of alkyl halides is 3. The van der Waals surface area contributed by atoms with Crippen molar-refractivity contribution in [3.8, 4) is 5.75 Å². The van der Waals surface area contributed by atoms with Crippen molar-refractivity contribution in [2.75, 3.05) is 51.0 Å². The lowest BCUT2D eigenvalue weighted by Gasteiger charge is -2.26. The molecule has 1 fully saturated rings. The summed E-state index contributed by atoms with van der Waals surface area (Å²) in [5.41, 5.74) is -1.40. The van der Waals surface area contributed by atoms with Crippen LogP contribution in [0.1, 0.15) is 16.8 Å². The van der Waals surface area contributed by atoms with Gasteiger partial charge in [0, 0.05) is 52.6 Å². The van der Waals surface area contributed by atoms with Crippen LogP contribution in [0.3, 0.4) is 0 Å². The van der Waals surface area contributed by atoms with Crippen molar-refractivity contribution in [2.45, 2.75) is 51.7 Å². The lowest BCUT2D eigenvalue weighted by atomic mass is 10.2. The quantitative estimate of drug-likeness (QED) is 0.335. The van der Waals surface area contributed by atoms with E-state index in [1.54, 1.807) is 12.3 Å². The summed E-state index contributed by atoms with van der Waals surface area (Å²) < 4.78 is 59.8. The van der Waals surface area contributed by atoms with Gasteiger partial charge >= 0.3 is 6.18 Å². The van der Waals surface area contributed by atoms with Crippen LogP contribution in [0, 0.1) is 0 Å². The fourth-order valence-electron chi connectivity index (χ4n) is 4.27. The Morgan fingerprint density at radius 1 is 1.14 bits per heavy atom. The van der Waals surface area contributed by atoms with E-state index in [2.05, 4.69) is 34.6 Å². The summed E-state index contributed by atoms with van der Waals surface area (Å²) in [7, 11) is -1.37. The zero-order chi connectivity index (χ0) is 26.6. The number of pyridine rings is 1. The zero-order valence-electron chi connectivity index (χ0n) is 21.5. The van der Waals surface area contributed by atoms with E-state index in [0.29, 0.717) is 37.9 Å². The van der Waals surface area contributed by atoms with Crippen LogP contribution in [0.15, 0.2) is 23.3 Å². The molecule has 0 amide bonds. The van der Waals surface area contributed by atoms with Crippen LogP contribution < -0.4 is 15.2 Å². The van der Waals surface area contributed by atoms with Gasteiger partial charge in [0.1, 0.15) is 24.7 Å². The highest BCUT2D eigenvalue weighted by atomic mass is 28.3. The average Bonchev–Trinajstić information content (AvgIpc) is 3.27. The molecule has 2 aromatic heterocycles. The number of rotatable bonds is 10. The van der Waals surface area contributed by atoms with Gasteiger partial charge in [-0.05, 0) is 12.1 Å². The van der Waals surface area contributed by atoms with E-state index in [-0.39, 0.29) is 25.5 Å². The van der Waals surface area contributed by atoms with Gasteiger partial charge in [-0.3, -0.25) is 14.7 Å². The summed E-state index contributed by atoms with van der Waals surface area (Å²) in [5, 5.41) is 4.00. The molecule has 9 nitrogen and oxygen atoms in total. The zero-order valence-corrected chi connectivity index (χ0v) is 22.5. The van der Waals surface area contributed by atoms with Gasteiger partial charge in [0.15, 0.2) is 0 Å². The maximum atomic E-state index is 14.1. The molecule has 2 aliphatic heterocycles. The first kappa shape index (κ1) is 27.5. The Kier molecular flexibility index (Phi) is 8.56. The summed E-state index contributed by atoms with van der Waals surface area (Å²) in [6.45, 7) is 11.0. The second-order valence-corrected chi connectivity index (χ2v) is 16.1. The molecule has 4 rings (SSSR count). The number of hydrogen-bond acceptors (Lipinski definition) is 8. The lowest BCUT2D eigenvalue weighted by Crippen LogP contribution is -2.38. The van der Waals surface area contributed by atoms with Crippen LogP contribution in [0.5, 0.6) is 5.75 Å². The molecular formula is C24H34F3N5O4Si. The van der Waals surface area contributed by atoms with Crippen molar-refractivity contribution in [3.63, 3.8) is 0 Å². The topological polar surface area (TPSA) is 81.9 Å². The van der Waals surface area contributed by atoms with Gasteiger partial charge in [0.25, 0.3) is 5.56 Å². The van der Waals surface area contributed by atoms with E-state index in [4.69, 9.17) is 14.2 Å². The molecule has 2 aliphatic rings. The van der Waals surface area contributed by atoms with E-state index in [1.165, 1.54) is 4.90 Å². The molecule has 0 N–H and O–H groups in total. The largest absolute Gasteiger partial charge is 0.492 e. The van der Waals surface area contributed by atoms with Crippen LogP contribution in [0.4, 0.5) is 18.9 Å². The minimum atomic E-state index is -4.85. The third-order valence-electron chi connectivity index (χ3n) is 6.42. The van der Waals surface area contributed by atoms with Gasteiger partial charge in [-0.25, -0.2) is 4.68 Å². The number of anilines is 1. The first-order valence-corrected chi connectivity index (χ1v) is 16.1. The van der Waals surface area contributed by atoms with E-state index < -0.39 is 25.4 Å². The van der Waals surface area contributed by atoms with Gasteiger partial charge in [-0.15, -0.1) is 0 Å². The number of halogens is 3. The highest BCUT2D eigenvalue weighted by molar-refractivity contribution is 6.76. The molecule has 13 heteroatoms. The summed E-state index contributed by atoms with van der Waals surface area (Å²) in [6, 6.07) is 2.56. The predicted molar refractivity (Wildman–Crippen MR) is 134 cm³/mol. The third-order valence-corrected chi connectivity index (χ3v) is 8.12. The Labute approximate surface area is 215 Å². The SMILES string of the molecule is C[Si](C)(C)CCOCn1ncc(N2Cc3nccc(OCCN4CCOCC4)c3C2)c(C(F)(F)F)c1=O. The lowest BCUT2D eigenvalue weighted by molar-refractivity contribution is -0.138. The van der Waals surface area contributed by atoms with Crippen LogP contribution >= 0.6 is 0 Å². The van der Waals surface area contributed by atoms with Gasteiger partial charge in [-0.2, -0.15) is 18.3 Å². The molecule has 204 valence electrons. The highest BCUT2D eigenvalue weighted by Crippen LogP contribution is 2.38. The summed E-state index contributed by atoms with van der Waals surface area (Å²) in [6.07, 6.45) is -2.17. The first-order valence-electron chi connectivity index (χ1n) is 12.4. The number of morpholine rings is 1. The summed E-state index contributed by atoms with van der Waals surface area (Å²) in [5.74, 6) is 0.589. The molecule has 0 unspecified atom stereocenters. The smallest absolute Gasteiger partial charge is 0.423 e. The van der Waals surface area contributed by atoms with Crippen LogP contribution in [0.25, 0.3) is 0 Å². The summed E-state index contributed by atoms with van der Waals surface area (Å²) >= 11 is 0. The average molecular weight is 542 g/mol. The van der Waals surface area contributed by atoms with Crippen molar-refractivity contribution < 1.29 is 27.4 Å². The summed E-state index contributed by atoms with van der Waals surface area (Å²) in [4.78, 5) is 20.9. The Morgan fingerprint density at radius 2 is 1.89 bits per heavy atom. The molecule has 0 saturated carbocycles. The van der Waals surface area contributed by atoms with Gasteiger partial charge < -0.3 is 19.1 Å². The fraction of sp³-hybridized carbons (Fsp3) is 0.625. The minimum absolute atomic E-state index is 0.122. The normalized spacial score (nSPS) is 16.8. The third kappa shape index (κ3) is 7.09. The standard InChI is InChI=1S/C24H34F3N5O4Si/c1-37(2,3)13-12-35-17-32-23(33)22(24(25,26)27)20(14-29-32)31-15-18-19(16-31)28-5-4-21(18)36-11-8-30-6-9-34-10-7-30/h4-5,14H,6-13,15-17H2,1-3H3. The van der Waals surface area contributed by atoms with Gasteiger partial charge in [-0.1, -0.05) is 19.6 Å². The molecule has 1 saturated heterocycles. The van der Waals surface area contributed by atoms with E-state index in [0.717, 1.165) is 42.1 Å². The van der Waals surface area contributed by atoms with Crippen molar-refractivity contribution in [3.05, 3.63) is 45.6 Å². The highest BCUT2D eigenvalue weighted by Gasteiger charge is 2.41. The van der Waals surface area contributed by atoms with Crippen LogP contribution in [-0.4, -0.2) is 73.8 Å². The molecule has 0 bridgehead atoms. The molecule has 37 heavy (non-hydrogen) atoms. The molecule has 0 spiro atoms. The molecule has 0 radical (unpaired) electrons. The Morgan fingerprint density at radius 3 is 2.59 bits per heavy atom. The molecule has 0 aliphatic carbocycles. The Bertz CT molecular complexity index is 1130. The number of hydrogen-bond donors (Lipinski definition) is 0. The monoisotopic (exact) mass is 541 g/mol. The first-order chi connectivity index (χ1) is 17.5. The second kappa shape index (κ2) is 11.5. The van der Waals surface area contributed by atoms with E-state index in [1.807, 2.05) is 0 Å². The number of nitrogens with zero attached hydrogens (tertiary/aromatic N) is 5. The minimum Gasteiger partial charge on any atom is -0.492 e. The van der Waals surface area contributed by atoms with Crippen molar-refractivity contribution >= 4 is 13.8 Å². The Balaban J connectivity index is 1.48. The molecule has 0 atom stereocenters. The fourth-order valence-corrected chi connectivity index (χ4v) is 5.03. The molecule has 4 heterocycles. The maximum absolute atomic E-state index is 14.1. The van der Waals surface area contributed by atoms with Crippen LogP contribution in [0.2, 0.25) is 25.7 Å². The number of fused-ring (bicyclic) bond motifs is 1. The molecule has 2 aromatic rings. The van der Waals surface area contributed by atoms with Crippen molar-refractivity contribution in [1.29, 1.82) is 0 Å². The second-order valence-electron chi connectivity index (χ2n) is 10.4. The predicted octanol–water partition coefficient (Wildman–Crippen LogP) is 3.20. The number of aromatic nitrogens is 3. The number of ether oxygens (including phenoxy) is 3. The van der Waals surface area contributed by atoms with Crippen molar-refractivity contribution in [2.24, 2.45) is 0 Å². The van der Waals surface area contributed by atoms with Gasteiger partial charge in [0.05, 0.1) is 37.3 Å². The Hall–Kier alpha value is -2.48. The molecule has 0 aromatic carbocycles. The van der Waals surface area contributed by atoms with Gasteiger partial charge in [0.2, 0.25) is 0 Å². The van der Waals surface area contributed by atoms with E-state index >= 15 is 0 Å².